The van der Waals surface area contributed by atoms with E-state index in [1.165, 1.54) is 0 Å². The number of thiocarbonyl (C=S) groups is 1. The van der Waals surface area contributed by atoms with E-state index >= 15 is 0 Å². The Bertz CT molecular complexity index is 764. The summed E-state index contributed by atoms with van der Waals surface area (Å²) in [5.41, 5.74) is 6.13. The summed E-state index contributed by atoms with van der Waals surface area (Å²) in [6, 6.07) is 13.5. The van der Waals surface area contributed by atoms with Crippen molar-refractivity contribution in [3.8, 4) is 5.75 Å². The van der Waals surface area contributed by atoms with Gasteiger partial charge in [0.2, 0.25) is 5.91 Å². The fourth-order valence-corrected chi connectivity index (χ4v) is 2.18. The molecule has 0 aliphatic heterocycles. The van der Waals surface area contributed by atoms with Crippen LogP contribution in [0.3, 0.4) is 0 Å². The van der Waals surface area contributed by atoms with E-state index in [0.717, 1.165) is 5.56 Å². The molecule has 0 heterocycles. The van der Waals surface area contributed by atoms with Gasteiger partial charge < -0.3 is 4.74 Å². The van der Waals surface area contributed by atoms with Gasteiger partial charge in [-0.05, 0) is 54.2 Å². The topological polar surface area (TPSA) is 79.5 Å². The van der Waals surface area contributed by atoms with E-state index in [2.05, 4.69) is 16.2 Å². The molecule has 3 N–H and O–H groups in total. The van der Waals surface area contributed by atoms with Gasteiger partial charge in [-0.1, -0.05) is 23.7 Å². The molecule has 25 heavy (non-hydrogen) atoms. The minimum atomic E-state index is -0.396. The molecule has 0 saturated heterocycles. The maximum atomic E-state index is 12.0. The van der Waals surface area contributed by atoms with Crippen molar-refractivity contribution in [3.63, 3.8) is 0 Å². The van der Waals surface area contributed by atoms with Crippen LogP contribution >= 0.6 is 23.8 Å². The van der Waals surface area contributed by atoms with Gasteiger partial charge in [-0.2, -0.15) is 0 Å². The van der Waals surface area contributed by atoms with Gasteiger partial charge in [0.15, 0.2) is 5.11 Å². The second-order valence-corrected chi connectivity index (χ2v) is 5.83. The summed E-state index contributed by atoms with van der Waals surface area (Å²) < 4.78 is 5.03. The standard InChI is InChI=1S/C17H16ClN3O3S/c1-24-14-8-4-12(5-9-14)16(23)19-17(25)21-20-15(22)10-11-2-6-13(18)7-3-11/h2-9H,10H2,1H3,(H,20,22)(H2,19,21,23,25). The first-order valence-corrected chi connectivity index (χ1v) is 8.05. The summed E-state index contributed by atoms with van der Waals surface area (Å²) in [7, 11) is 1.54. The first kappa shape index (κ1) is 18.7. The van der Waals surface area contributed by atoms with Crippen molar-refractivity contribution in [1.29, 1.82) is 0 Å². The van der Waals surface area contributed by atoms with Crippen molar-refractivity contribution in [2.24, 2.45) is 0 Å². The van der Waals surface area contributed by atoms with E-state index in [-0.39, 0.29) is 17.4 Å². The fourth-order valence-electron chi connectivity index (χ4n) is 1.91. The smallest absolute Gasteiger partial charge is 0.257 e. The first-order chi connectivity index (χ1) is 12.0. The summed E-state index contributed by atoms with van der Waals surface area (Å²) in [4.78, 5) is 23.9. The zero-order valence-corrected chi connectivity index (χ0v) is 14.9. The van der Waals surface area contributed by atoms with E-state index in [1.807, 2.05) is 0 Å². The number of carbonyl (C=O) groups excluding carboxylic acids is 2. The lowest BCUT2D eigenvalue weighted by Crippen LogP contribution is -2.48. The Morgan fingerprint density at radius 3 is 2.28 bits per heavy atom. The van der Waals surface area contributed by atoms with Crippen molar-refractivity contribution in [3.05, 3.63) is 64.7 Å². The molecular formula is C17H16ClN3O3S. The number of hydrazine groups is 1. The number of amides is 2. The van der Waals surface area contributed by atoms with E-state index < -0.39 is 5.91 Å². The van der Waals surface area contributed by atoms with Crippen molar-refractivity contribution < 1.29 is 14.3 Å². The first-order valence-electron chi connectivity index (χ1n) is 7.26. The SMILES string of the molecule is COc1ccc(C(=O)NC(=S)NNC(=O)Cc2ccc(Cl)cc2)cc1. The third-order valence-electron chi connectivity index (χ3n) is 3.17. The predicted octanol–water partition coefficient (Wildman–Crippen LogP) is 2.23. The van der Waals surface area contributed by atoms with Crippen LogP contribution < -0.4 is 20.9 Å². The number of hydrogen-bond donors (Lipinski definition) is 3. The molecule has 0 aliphatic carbocycles. The summed E-state index contributed by atoms with van der Waals surface area (Å²) in [5, 5.41) is 3.06. The fraction of sp³-hybridized carbons (Fsp3) is 0.118. The average molecular weight is 378 g/mol. The second-order valence-electron chi connectivity index (χ2n) is 4.99. The summed E-state index contributed by atoms with van der Waals surface area (Å²) in [6.07, 6.45) is 0.152. The van der Waals surface area contributed by atoms with Crippen LogP contribution in [0.25, 0.3) is 0 Å². The molecule has 8 heteroatoms. The largest absolute Gasteiger partial charge is 0.497 e. The summed E-state index contributed by atoms with van der Waals surface area (Å²) in [5.74, 6) is -0.0535. The Balaban J connectivity index is 1.78. The molecule has 0 bridgehead atoms. The molecule has 2 aromatic carbocycles. The molecule has 0 aromatic heterocycles. The molecule has 2 amide bonds. The molecule has 6 nitrogen and oxygen atoms in total. The zero-order chi connectivity index (χ0) is 18.2. The predicted molar refractivity (Wildman–Crippen MR) is 99.5 cm³/mol. The van der Waals surface area contributed by atoms with Gasteiger partial charge in [0.1, 0.15) is 5.75 Å². The van der Waals surface area contributed by atoms with Gasteiger partial charge in [-0.3, -0.25) is 25.8 Å². The molecule has 130 valence electrons. The average Bonchev–Trinajstić information content (AvgIpc) is 2.62. The molecule has 0 aliphatic rings. The highest BCUT2D eigenvalue weighted by Crippen LogP contribution is 2.11. The van der Waals surface area contributed by atoms with Crippen LogP contribution in [0.4, 0.5) is 0 Å². The molecule has 0 atom stereocenters. The Morgan fingerprint density at radius 1 is 1.04 bits per heavy atom. The number of halogens is 1. The van der Waals surface area contributed by atoms with Gasteiger partial charge >= 0.3 is 0 Å². The number of ether oxygens (including phenoxy) is 1. The molecular weight excluding hydrogens is 362 g/mol. The van der Waals surface area contributed by atoms with Gasteiger partial charge in [-0.25, -0.2) is 0 Å². The Morgan fingerprint density at radius 2 is 1.68 bits per heavy atom. The monoisotopic (exact) mass is 377 g/mol. The van der Waals surface area contributed by atoms with E-state index in [0.29, 0.717) is 16.3 Å². The lowest BCUT2D eigenvalue weighted by atomic mass is 10.1. The number of carbonyl (C=O) groups is 2. The van der Waals surface area contributed by atoms with Crippen LogP contribution in [-0.4, -0.2) is 24.0 Å². The second kappa shape index (κ2) is 9.00. The maximum Gasteiger partial charge on any atom is 0.257 e. The molecule has 2 aromatic rings. The highest BCUT2D eigenvalue weighted by Gasteiger charge is 2.09. The lowest BCUT2D eigenvalue weighted by molar-refractivity contribution is -0.121. The Labute approximate surface area is 155 Å². The normalized spacial score (nSPS) is 9.84. The van der Waals surface area contributed by atoms with Crippen LogP contribution in [0.15, 0.2) is 48.5 Å². The summed E-state index contributed by atoms with van der Waals surface area (Å²) >= 11 is 10.8. The van der Waals surface area contributed by atoms with Crippen molar-refractivity contribution in [2.45, 2.75) is 6.42 Å². The molecule has 0 spiro atoms. The van der Waals surface area contributed by atoms with Crippen LogP contribution in [0.2, 0.25) is 5.02 Å². The highest BCUT2D eigenvalue weighted by atomic mass is 35.5. The van der Waals surface area contributed by atoms with Crippen molar-refractivity contribution in [1.82, 2.24) is 16.2 Å². The van der Waals surface area contributed by atoms with Crippen molar-refractivity contribution >= 4 is 40.7 Å². The van der Waals surface area contributed by atoms with Crippen LogP contribution in [0.5, 0.6) is 5.75 Å². The van der Waals surface area contributed by atoms with Gasteiger partial charge in [0.05, 0.1) is 13.5 Å². The zero-order valence-electron chi connectivity index (χ0n) is 13.3. The number of benzene rings is 2. The lowest BCUT2D eigenvalue weighted by Gasteiger charge is -2.11. The molecule has 2 rings (SSSR count). The molecule has 0 radical (unpaired) electrons. The Hall–Kier alpha value is -2.64. The van der Waals surface area contributed by atoms with Crippen LogP contribution in [0.1, 0.15) is 15.9 Å². The number of nitrogens with one attached hydrogen (secondary N) is 3. The van der Waals surface area contributed by atoms with Gasteiger partial charge in [0, 0.05) is 10.6 Å². The number of hydrogen-bond acceptors (Lipinski definition) is 4. The van der Waals surface area contributed by atoms with E-state index in [4.69, 9.17) is 28.6 Å². The minimum absolute atomic E-state index is 0.00901. The molecule has 0 fully saturated rings. The van der Waals surface area contributed by atoms with E-state index in [1.54, 1.807) is 55.6 Å². The highest BCUT2D eigenvalue weighted by molar-refractivity contribution is 7.80. The quantitative estimate of drug-likeness (QED) is 0.562. The van der Waals surface area contributed by atoms with Crippen LogP contribution in [0, 0.1) is 0 Å². The summed E-state index contributed by atoms with van der Waals surface area (Å²) in [6.45, 7) is 0. The maximum absolute atomic E-state index is 12.0. The number of rotatable bonds is 4. The molecule has 0 saturated carbocycles. The Kier molecular flexibility index (Phi) is 6.73. The number of methoxy groups -OCH3 is 1. The van der Waals surface area contributed by atoms with Crippen LogP contribution in [-0.2, 0) is 11.2 Å². The molecule has 0 unspecified atom stereocenters. The van der Waals surface area contributed by atoms with Gasteiger partial charge in [-0.15, -0.1) is 0 Å². The van der Waals surface area contributed by atoms with Crippen molar-refractivity contribution in [2.75, 3.05) is 7.11 Å². The van der Waals surface area contributed by atoms with Gasteiger partial charge in [0.25, 0.3) is 5.91 Å². The third-order valence-corrected chi connectivity index (χ3v) is 3.63. The van der Waals surface area contributed by atoms with E-state index in [9.17, 15) is 9.59 Å². The third kappa shape index (κ3) is 6.06. The minimum Gasteiger partial charge on any atom is -0.497 e.